The number of hydrogen-bond donors (Lipinski definition) is 2. The topological polar surface area (TPSA) is 55.1 Å². The van der Waals surface area contributed by atoms with Gasteiger partial charge in [0.1, 0.15) is 0 Å². The minimum atomic E-state index is -0.403. The van der Waals surface area contributed by atoms with Gasteiger partial charge in [0.05, 0.1) is 17.5 Å². The number of carbonyl (C=O) groups excluding carboxylic acids is 1. The van der Waals surface area contributed by atoms with Gasteiger partial charge >= 0.3 is 0 Å². The van der Waals surface area contributed by atoms with Crippen LogP contribution in [-0.2, 0) is 17.8 Å². The molecule has 0 radical (unpaired) electrons. The fraction of sp³-hybridized carbons (Fsp3) is 0.455. The van der Waals surface area contributed by atoms with Crippen molar-refractivity contribution in [2.45, 2.75) is 26.8 Å². The second-order valence-electron chi connectivity index (χ2n) is 3.56. The summed E-state index contributed by atoms with van der Waals surface area (Å²) in [6, 6.07) is 2.09. The van der Waals surface area contributed by atoms with E-state index in [-0.39, 0.29) is 10.9 Å². The smallest absolute Gasteiger partial charge is 0.229 e. The Morgan fingerprint density at radius 1 is 1.69 bits per heavy atom. The monoisotopic (exact) mass is 256 g/mol. The summed E-state index contributed by atoms with van der Waals surface area (Å²) in [7, 11) is 0. The normalized spacial score (nSPS) is 12.1. The van der Waals surface area contributed by atoms with E-state index in [1.54, 1.807) is 18.3 Å². The third kappa shape index (κ3) is 3.28. The Bertz CT molecular complexity index is 387. The van der Waals surface area contributed by atoms with Crippen LogP contribution in [0, 0.1) is 5.92 Å². The van der Waals surface area contributed by atoms with Crippen LogP contribution in [-0.4, -0.2) is 10.9 Å². The van der Waals surface area contributed by atoms with E-state index in [0.29, 0.717) is 6.54 Å². The summed E-state index contributed by atoms with van der Waals surface area (Å²) in [5.74, 6) is -0.511. The highest BCUT2D eigenvalue weighted by Gasteiger charge is 2.15. The van der Waals surface area contributed by atoms with E-state index in [0.717, 1.165) is 6.42 Å². The molecule has 0 aromatic carbocycles. The molecule has 0 saturated heterocycles. The highest BCUT2D eigenvalue weighted by atomic mass is 32.1. The maximum absolute atomic E-state index is 11.6. The highest BCUT2D eigenvalue weighted by molar-refractivity contribution is 7.80. The molecule has 88 valence electrons. The van der Waals surface area contributed by atoms with Gasteiger partial charge in [-0.3, -0.25) is 4.79 Å². The lowest BCUT2D eigenvalue weighted by Crippen LogP contribution is -2.35. The maximum Gasteiger partial charge on any atom is 0.229 e. The van der Waals surface area contributed by atoms with Gasteiger partial charge in [-0.05, 0) is 30.4 Å². The van der Waals surface area contributed by atoms with Crippen molar-refractivity contribution in [2.75, 3.05) is 0 Å². The molecular weight excluding hydrogens is 240 g/mol. The molecule has 5 heteroatoms. The van der Waals surface area contributed by atoms with Gasteiger partial charge in [0, 0.05) is 4.88 Å². The van der Waals surface area contributed by atoms with E-state index in [1.807, 2.05) is 5.38 Å². The number of aryl methyl sites for hydroxylation is 1. The summed E-state index contributed by atoms with van der Waals surface area (Å²) < 4.78 is 0. The van der Waals surface area contributed by atoms with E-state index < -0.39 is 5.92 Å². The lowest BCUT2D eigenvalue weighted by molar-refractivity contribution is -0.122. The van der Waals surface area contributed by atoms with E-state index in [2.05, 4.69) is 18.3 Å². The zero-order valence-electron chi connectivity index (χ0n) is 9.45. The predicted octanol–water partition coefficient (Wildman–Crippen LogP) is 1.85. The number of carbonyl (C=O) groups is 1. The van der Waals surface area contributed by atoms with Crippen LogP contribution < -0.4 is 11.1 Å². The number of amides is 1. The molecule has 0 aliphatic heterocycles. The van der Waals surface area contributed by atoms with Crippen molar-refractivity contribution in [1.29, 1.82) is 0 Å². The summed E-state index contributed by atoms with van der Waals surface area (Å²) in [4.78, 5) is 13.0. The average molecular weight is 256 g/mol. The van der Waals surface area contributed by atoms with Gasteiger partial charge in [0.15, 0.2) is 0 Å². The third-order valence-corrected chi connectivity index (χ3v) is 3.78. The van der Waals surface area contributed by atoms with Crippen molar-refractivity contribution in [1.82, 2.24) is 5.32 Å². The SMILES string of the molecule is CCc1ccsc1CNC(=O)C(C)C(N)=S. The first kappa shape index (κ1) is 13.1. The Morgan fingerprint density at radius 2 is 2.38 bits per heavy atom. The quantitative estimate of drug-likeness (QED) is 0.791. The van der Waals surface area contributed by atoms with Gasteiger partial charge in [-0.2, -0.15) is 0 Å². The zero-order chi connectivity index (χ0) is 12.1. The maximum atomic E-state index is 11.6. The van der Waals surface area contributed by atoms with Gasteiger partial charge in [-0.15, -0.1) is 11.3 Å². The van der Waals surface area contributed by atoms with Gasteiger partial charge in [0.2, 0.25) is 5.91 Å². The van der Waals surface area contributed by atoms with Crippen molar-refractivity contribution < 1.29 is 4.79 Å². The van der Waals surface area contributed by atoms with Gasteiger partial charge in [-0.25, -0.2) is 0 Å². The number of rotatable bonds is 5. The molecule has 1 aromatic heterocycles. The molecule has 1 amide bonds. The van der Waals surface area contributed by atoms with Crippen LogP contribution in [0.5, 0.6) is 0 Å². The molecule has 0 aliphatic carbocycles. The molecular formula is C11H16N2OS2. The first-order chi connectivity index (χ1) is 7.56. The van der Waals surface area contributed by atoms with Crippen LogP contribution in [0.3, 0.4) is 0 Å². The van der Waals surface area contributed by atoms with Crippen molar-refractivity contribution in [3.63, 3.8) is 0 Å². The van der Waals surface area contributed by atoms with Crippen molar-refractivity contribution in [2.24, 2.45) is 11.7 Å². The van der Waals surface area contributed by atoms with Crippen LogP contribution in [0.25, 0.3) is 0 Å². The molecule has 1 atom stereocenters. The van der Waals surface area contributed by atoms with Crippen LogP contribution >= 0.6 is 23.6 Å². The Kier molecular flexibility index (Phi) is 4.89. The summed E-state index contributed by atoms with van der Waals surface area (Å²) in [6.07, 6.45) is 0.986. The molecule has 1 heterocycles. The van der Waals surface area contributed by atoms with Crippen molar-refractivity contribution >= 4 is 34.5 Å². The van der Waals surface area contributed by atoms with Crippen LogP contribution in [0.4, 0.5) is 0 Å². The number of thiophene rings is 1. The molecule has 0 bridgehead atoms. The Labute approximate surface area is 105 Å². The number of hydrogen-bond acceptors (Lipinski definition) is 3. The predicted molar refractivity (Wildman–Crippen MR) is 71.5 cm³/mol. The fourth-order valence-corrected chi connectivity index (χ4v) is 2.31. The van der Waals surface area contributed by atoms with Gasteiger partial charge in [-0.1, -0.05) is 19.1 Å². The average Bonchev–Trinajstić information content (AvgIpc) is 2.71. The second kappa shape index (κ2) is 5.96. The Morgan fingerprint density at radius 3 is 2.94 bits per heavy atom. The highest BCUT2D eigenvalue weighted by Crippen LogP contribution is 2.17. The summed E-state index contributed by atoms with van der Waals surface area (Å²) >= 11 is 6.43. The number of thiocarbonyl (C=S) groups is 1. The standard InChI is InChI=1S/C11H16N2OS2/c1-3-8-4-5-16-9(8)6-13-11(14)7(2)10(12)15/h4-5,7H,3,6H2,1-2H3,(H2,12,15)(H,13,14). The Hall–Kier alpha value is -0.940. The van der Waals surface area contributed by atoms with Gasteiger partial charge < -0.3 is 11.1 Å². The zero-order valence-corrected chi connectivity index (χ0v) is 11.1. The molecule has 16 heavy (non-hydrogen) atoms. The minimum Gasteiger partial charge on any atom is -0.393 e. The van der Waals surface area contributed by atoms with E-state index in [1.165, 1.54) is 10.4 Å². The van der Waals surface area contributed by atoms with Crippen LogP contribution in [0.1, 0.15) is 24.3 Å². The third-order valence-electron chi connectivity index (χ3n) is 2.46. The molecule has 1 unspecified atom stereocenters. The van der Waals surface area contributed by atoms with Crippen molar-refractivity contribution in [3.8, 4) is 0 Å². The lowest BCUT2D eigenvalue weighted by atomic mass is 10.1. The molecule has 0 saturated carbocycles. The largest absolute Gasteiger partial charge is 0.393 e. The molecule has 1 aromatic rings. The molecule has 0 aliphatic rings. The summed E-state index contributed by atoms with van der Waals surface area (Å²) in [5.41, 5.74) is 6.70. The first-order valence-electron chi connectivity index (χ1n) is 5.18. The van der Waals surface area contributed by atoms with Crippen molar-refractivity contribution in [3.05, 3.63) is 21.9 Å². The fourth-order valence-electron chi connectivity index (χ4n) is 1.29. The molecule has 3 N–H and O–H groups in total. The van der Waals surface area contributed by atoms with Crippen LogP contribution in [0.15, 0.2) is 11.4 Å². The first-order valence-corrected chi connectivity index (χ1v) is 6.47. The Balaban J connectivity index is 2.52. The number of nitrogens with two attached hydrogens (primary N) is 1. The van der Waals surface area contributed by atoms with Crippen LogP contribution in [0.2, 0.25) is 0 Å². The molecule has 3 nitrogen and oxygen atoms in total. The lowest BCUT2D eigenvalue weighted by Gasteiger charge is -2.10. The molecule has 1 rings (SSSR count). The molecule has 0 fully saturated rings. The van der Waals surface area contributed by atoms with E-state index >= 15 is 0 Å². The summed E-state index contributed by atoms with van der Waals surface area (Å²) in [6.45, 7) is 4.38. The number of nitrogens with one attached hydrogen (secondary N) is 1. The van der Waals surface area contributed by atoms with E-state index in [4.69, 9.17) is 18.0 Å². The molecule has 0 spiro atoms. The van der Waals surface area contributed by atoms with E-state index in [9.17, 15) is 4.79 Å². The second-order valence-corrected chi connectivity index (χ2v) is 5.04. The van der Waals surface area contributed by atoms with Gasteiger partial charge in [0.25, 0.3) is 0 Å². The minimum absolute atomic E-state index is 0.108. The summed E-state index contributed by atoms with van der Waals surface area (Å²) in [5, 5.41) is 4.88.